The van der Waals surface area contributed by atoms with Crippen LogP contribution in [0.1, 0.15) is 11.8 Å². The Kier molecular flexibility index (Phi) is 4.02. The van der Waals surface area contributed by atoms with E-state index in [1.54, 1.807) is 17.2 Å². The average molecular weight is 286 g/mol. The molecule has 2 rings (SSSR count). The third-order valence-corrected chi connectivity index (χ3v) is 4.16. The topological polar surface area (TPSA) is 75.6 Å². The average Bonchev–Trinajstić information content (AvgIpc) is 2.38. The SMILES string of the molecule is CN(C)c1nccc([C@@H]2CN(S(C)(=O)=O)CCO2)n1. The van der Waals surface area contributed by atoms with Crippen molar-refractivity contribution in [1.29, 1.82) is 0 Å². The van der Waals surface area contributed by atoms with Crippen molar-refractivity contribution in [2.24, 2.45) is 0 Å². The number of anilines is 1. The van der Waals surface area contributed by atoms with Gasteiger partial charge in [0, 0.05) is 33.4 Å². The summed E-state index contributed by atoms with van der Waals surface area (Å²) in [6.45, 7) is 1.06. The molecule has 0 bridgehead atoms. The van der Waals surface area contributed by atoms with Crippen molar-refractivity contribution in [2.45, 2.75) is 6.10 Å². The fraction of sp³-hybridized carbons (Fsp3) is 0.636. The summed E-state index contributed by atoms with van der Waals surface area (Å²) in [6.07, 6.45) is 2.52. The van der Waals surface area contributed by atoms with Crippen LogP contribution in [0.2, 0.25) is 0 Å². The van der Waals surface area contributed by atoms with Gasteiger partial charge in [0.05, 0.1) is 18.6 Å². The van der Waals surface area contributed by atoms with Gasteiger partial charge in [-0.3, -0.25) is 0 Å². The van der Waals surface area contributed by atoms with Crippen LogP contribution in [0.25, 0.3) is 0 Å². The van der Waals surface area contributed by atoms with E-state index in [9.17, 15) is 8.42 Å². The first-order valence-electron chi connectivity index (χ1n) is 5.95. The van der Waals surface area contributed by atoms with Crippen molar-refractivity contribution in [3.05, 3.63) is 18.0 Å². The molecule has 0 aromatic carbocycles. The fourth-order valence-corrected chi connectivity index (χ4v) is 2.67. The van der Waals surface area contributed by atoms with Gasteiger partial charge in [-0.15, -0.1) is 0 Å². The van der Waals surface area contributed by atoms with E-state index in [1.807, 2.05) is 14.1 Å². The second kappa shape index (κ2) is 5.40. The molecule has 0 radical (unpaired) electrons. The first-order valence-corrected chi connectivity index (χ1v) is 7.80. The van der Waals surface area contributed by atoms with Crippen LogP contribution >= 0.6 is 0 Å². The molecule has 106 valence electrons. The van der Waals surface area contributed by atoms with Crippen LogP contribution < -0.4 is 4.90 Å². The molecule has 0 amide bonds. The zero-order valence-corrected chi connectivity index (χ0v) is 12.1. The van der Waals surface area contributed by atoms with Gasteiger partial charge in [0.1, 0.15) is 6.10 Å². The summed E-state index contributed by atoms with van der Waals surface area (Å²) in [7, 11) is 0.508. The Labute approximate surface area is 113 Å². The van der Waals surface area contributed by atoms with Crippen molar-refractivity contribution in [3.63, 3.8) is 0 Å². The summed E-state index contributed by atoms with van der Waals surface area (Å²) in [5, 5.41) is 0. The number of hydrogen-bond donors (Lipinski definition) is 0. The molecular weight excluding hydrogens is 268 g/mol. The van der Waals surface area contributed by atoms with Gasteiger partial charge in [0.15, 0.2) is 0 Å². The molecule has 0 unspecified atom stereocenters. The maximum atomic E-state index is 11.6. The van der Waals surface area contributed by atoms with Crippen LogP contribution in [-0.4, -0.2) is 62.7 Å². The van der Waals surface area contributed by atoms with Gasteiger partial charge in [-0.25, -0.2) is 18.4 Å². The van der Waals surface area contributed by atoms with Crippen molar-refractivity contribution >= 4 is 16.0 Å². The van der Waals surface area contributed by atoms with Crippen molar-refractivity contribution in [2.75, 3.05) is 44.9 Å². The van der Waals surface area contributed by atoms with Gasteiger partial charge in [0.25, 0.3) is 0 Å². The second-order valence-electron chi connectivity index (χ2n) is 4.66. The zero-order chi connectivity index (χ0) is 14.0. The summed E-state index contributed by atoms with van der Waals surface area (Å²) in [4.78, 5) is 10.3. The molecule has 2 heterocycles. The summed E-state index contributed by atoms with van der Waals surface area (Å²) in [5.74, 6) is 0.581. The molecule has 0 aliphatic carbocycles. The van der Waals surface area contributed by atoms with Gasteiger partial charge < -0.3 is 9.64 Å². The van der Waals surface area contributed by atoms with Crippen LogP contribution in [0.3, 0.4) is 0 Å². The van der Waals surface area contributed by atoms with Crippen LogP contribution in [0, 0.1) is 0 Å². The molecule has 1 saturated heterocycles. The van der Waals surface area contributed by atoms with E-state index in [4.69, 9.17) is 4.74 Å². The number of morpholine rings is 1. The number of sulfonamides is 1. The van der Waals surface area contributed by atoms with Crippen molar-refractivity contribution in [1.82, 2.24) is 14.3 Å². The third-order valence-electron chi connectivity index (χ3n) is 2.89. The standard InChI is InChI=1S/C11H18N4O3S/c1-14(2)11-12-5-4-9(13-11)10-8-15(6-7-18-10)19(3,16)17/h4-5,10H,6-8H2,1-3H3/t10-/m0/s1. The van der Waals surface area contributed by atoms with E-state index in [2.05, 4.69) is 9.97 Å². The number of nitrogens with zero attached hydrogens (tertiary/aromatic N) is 4. The third kappa shape index (κ3) is 3.40. The summed E-state index contributed by atoms with van der Waals surface area (Å²) in [6, 6.07) is 1.75. The molecule has 1 atom stereocenters. The van der Waals surface area contributed by atoms with Crippen LogP contribution in [0.15, 0.2) is 12.3 Å². The van der Waals surface area contributed by atoms with Crippen LogP contribution in [0.4, 0.5) is 5.95 Å². The van der Waals surface area contributed by atoms with Gasteiger partial charge in [-0.05, 0) is 6.07 Å². The number of rotatable bonds is 3. The summed E-state index contributed by atoms with van der Waals surface area (Å²) >= 11 is 0. The Morgan fingerprint density at radius 3 is 2.84 bits per heavy atom. The maximum Gasteiger partial charge on any atom is 0.225 e. The number of hydrogen-bond acceptors (Lipinski definition) is 6. The van der Waals surface area contributed by atoms with E-state index in [0.717, 1.165) is 0 Å². The van der Waals surface area contributed by atoms with Crippen LogP contribution in [0.5, 0.6) is 0 Å². The van der Waals surface area contributed by atoms with Crippen molar-refractivity contribution < 1.29 is 13.2 Å². The molecule has 0 saturated carbocycles. The lowest BCUT2D eigenvalue weighted by atomic mass is 10.2. The molecule has 0 spiro atoms. The molecule has 1 fully saturated rings. The van der Waals surface area contributed by atoms with Gasteiger partial charge in [-0.2, -0.15) is 4.31 Å². The molecule has 19 heavy (non-hydrogen) atoms. The Morgan fingerprint density at radius 1 is 1.47 bits per heavy atom. The van der Waals surface area contributed by atoms with E-state index >= 15 is 0 Å². The zero-order valence-electron chi connectivity index (χ0n) is 11.3. The molecule has 0 N–H and O–H groups in total. The normalized spacial score (nSPS) is 21.3. The summed E-state index contributed by atoms with van der Waals surface area (Å²) in [5.41, 5.74) is 0.701. The highest BCUT2D eigenvalue weighted by atomic mass is 32.2. The van der Waals surface area contributed by atoms with Gasteiger partial charge in [-0.1, -0.05) is 0 Å². The quantitative estimate of drug-likeness (QED) is 0.771. The number of aromatic nitrogens is 2. The molecule has 7 nitrogen and oxygen atoms in total. The Hall–Kier alpha value is -1.25. The first kappa shape index (κ1) is 14.2. The Morgan fingerprint density at radius 2 is 2.21 bits per heavy atom. The maximum absolute atomic E-state index is 11.6. The smallest absolute Gasteiger partial charge is 0.225 e. The first-order chi connectivity index (χ1) is 8.88. The minimum absolute atomic E-state index is 0.294. The van der Waals surface area contributed by atoms with Crippen LogP contribution in [-0.2, 0) is 14.8 Å². The van der Waals surface area contributed by atoms with Gasteiger partial charge >= 0.3 is 0 Å². The molecule has 1 aromatic heterocycles. The highest BCUT2D eigenvalue weighted by Crippen LogP contribution is 2.22. The van der Waals surface area contributed by atoms with E-state index in [-0.39, 0.29) is 6.10 Å². The lowest BCUT2D eigenvalue weighted by molar-refractivity contribution is -0.00474. The summed E-state index contributed by atoms with van der Waals surface area (Å²) < 4.78 is 30.2. The molecule has 1 aliphatic heterocycles. The van der Waals surface area contributed by atoms with E-state index < -0.39 is 10.0 Å². The Bertz CT molecular complexity index is 547. The minimum atomic E-state index is -3.19. The molecular formula is C11H18N4O3S. The Balaban J connectivity index is 2.20. The fourth-order valence-electron chi connectivity index (χ4n) is 1.86. The lowest BCUT2D eigenvalue weighted by Gasteiger charge is -2.31. The van der Waals surface area contributed by atoms with Crippen molar-refractivity contribution in [3.8, 4) is 0 Å². The molecule has 1 aliphatic rings. The van der Waals surface area contributed by atoms with E-state index in [0.29, 0.717) is 31.3 Å². The minimum Gasteiger partial charge on any atom is -0.369 e. The monoisotopic (exact) mass is 286 g/mol. The second-order valence-corrected chi connectivity index (χ2v) is 6.64. The van der Waals surface area contributed by atoms with E-state index in [1.165, 1.54) is 10.6 Å². The largest absolute Gasteiger partial charge is 0.369 e. The predicted molar refractivity (Wildman–Crippen MR) is 71.5 cm³/mol. The lowest BCUT2D eigenvalue weighted by Crippen LogP contribution is -2.41. The van der Waals surface area contributed by atoms with Gasteiger partial charge in [0.2, 0.25) is 16.0 Å². The highest BCUT2D eigenvalue weighted by Gasteiger charge is 2.28. The predicted octanol–water partition coefficient (Wildman–Crippen LogP) is -0.124. The highest BCUT2D eigenvalue weighted by molar-refractivity contribution is 7.88. The molecule has 8 heteroatoms. The number of ether oxygens (including phenoxy) is 1. The molecule has 1 aromatic rings.